The number of carbonyl (C=O) groups is 1. The minimum absolute atomic E-state index is 0.102. The summed E-state index contributed by atoms with van der Waals surface area (Å²) < 4.78 is 0. The minimum Gasteiger partial charge on any atom is -0.368 e. The van der Waals surface area contributed by atoms with E-state index in [0.717, 1.165) is 44.5 Å². The number of aryl methyl sites for hydroxylation is 1. The van der Waals surface area contributed by atoms with E-state index in [4.69, 9.17) is 5.73 Å². The second-order valence-electron chi connectivity index (χ2n) is 5.22. The van der Waals surface area contributed by atoms with Crippen LogP contribution in [0.4, 0.5) is 0 Å². The number of primary amides is 1. The van der Waals surface area contributed by atoms with Gasteiger partial charge in [0.15, 0.2) is 0 Å². The number of nitrogens with zero attached hydrogens (tertiary/aromatic N) is 2. The summed E-state index contributed by atoms with van der Waals surface area (Å²) in [7, 11) is 0. The van der Waals surface area contributed by atoms with E-state index in [1.54, 1.807) is 11.3 Å². The molecule has 5 heteroatoms. The maximum Gasteiger partial charge on any atom is 0.234 e. The van der Waals surface area contributed by atoms with Gasteiger partial charge in [0.25, 0.3) is 0 Å². The fraction of sp³-hybridized carbons (Fsp3) is 0.714. The van der Waals surface area contributed by atoms with E-state index < -0.39 is 0 Å². The number of carbonyl (C=O) groups excluding carboxylic acids is 1. The van der Waals surface area contributed by atoms with Crippen molar-refractivity contribution < 1.29 is 4.79 Å². The van der Waals surface area contributed by atoms with Gasteiger partial charge in [-0.1, -0.05) is 19.8 Å². The Labute approximate surface area is 119 Å². The number of amides is 1. The third-order valence-electron chi connectivity index (χ3n) is 3.65. The molecule has 0 aromatic carbocycles. The van der Waals surface area contributed by atoms with Crippen LogP contribution in [0, 0.1) is 0 Å². The summed E-state index contributed by atoms with van der Waals surface area (Å²) in [5.41, 5.74) is 6.57. The smallest absolute Gasteiger partial charge is 0.234 e. The van der Waals surface area contributed by atoms with Gasteiger partial charge >= 0.3 is 0 Å². The SMILES string of the molecule is CCCCc1nc(CN2CCCC[C@H]2C(N)=O)cs1. The number of thiazole rings is 1. The van der Waals surface area contributed by atoms with Crippen molar-refractivity contribution in [3.63, 3.8) is 0 Å². The van der Waals surface area contributed by atoms with Gasteiger partial charge < -0.3 is 5.73 Å². The van der Waals surface area contributed by atoms with E-state index in [1.807, 2.05) is 0 Å². The van der Waals surface area contributed by atoms with Crippen molar-refractivity contribution in [3.05, 3.63) is 16.1 Å². The van der Waals surface area contributed by atoms with Crippen LogP contribution < -0.4 is 5.73 Å². The van der Waals surface area contributed by atoms with Gasteiger partial charge in [-0.3, -0.25) is 9.69 Å². The third kappa shape index (κ3) is 4.01. The predicted molar refractivity (Wildman–Crippen MR) is 78.0 cm³/mol. The second-order valence-corrected chi connectivity index (χ2v) is 6.16. The average molecular weight is 281 g/mol. The lowest BCUT2D eigenvalue weighted by Crippen LogP contribution is -2.47. The standard InChI is InChI=1S/C14H23N3OS/c1-2-3-7-13-16-11(10-19-13)9-17-8-5-4-6-12(17)14(15)18/h10,12H,2-9H2,1H3,(H2,15,18)/t12-/m0/s1. The molecule has 1 aromatic rings. The van der Waals surface area contributed by atoms with Gasteiger partial charge in [-0.05, 0) is 32.2 Å². The zero-order chi connectivity index (χ0) is 13.7. The van der Waals surface area contributed by atoms with Crippen LogP contribution in [-0.2, 0) is 17.8 Å². The molecule has 19 heavy (non-hydrogen) atoms. The van der Waals surface area contributed by atoms with Crippen LogP contribution in [0.15, 0.2) is 5.38 Å². The molecule has 1 fully saturated rings. The van der Waals surface area contributed by atoms with Crippen molar-refractivity contribution in [3.8, 4) is 0 Å². The van der Waals surface area contributed by atoms with Crippen molar-refractivity contribution in [1.29, 1.82) is 0 Å². The fourth-order valence-electron chi connectivity index (χ4n) is 2.57. The van der Waals surface area contributed by atoms with Gasteiger partial charge in [-0.2, -0.15) is 0 Å². The van der Waals surface area contributed by atoms with Gasteiger partial charge in [-0.15, -0.1) is 11.3 Å². The van der Waals surface area contributed by atoms with Crippen molar-refractivity contribution in [2.24, 2.45) is 5.73 Å². The Hall–Kier alpha value is -0.940. The Balaban J connectivity index is 1.94. The van der Waals surface area contributed by atoms with Gasteiger partial charge in [0.2, 0.25) is 5.91 Å². The van der Waals surface area contributed by atoms with Crippen LogP contribution in [-0.4, -0.2) is 28.4 Å². The highest BCUT2D eigenvalue weighted by Crippen LogP contribution is 2.21. The molecule has 1 saturated heterocycles. The Morgan fingerprint density at radius 2 is 2.42 bits per heavy atom. The molecular formula is C14H23N3OS. The van der Waals surface area contributed by atoms with Crippen molar-refractivity contribution >= 4 is 17.2 Å². The van der Waals surface area contributed by atoms with E-state index in [0.29, 0.717) is 0 Å². The Bertz CT molecular complexity index is 419. The first kappa shape index (κ1) is 14.5. The van der Waals surface area contributed by atoms with E-state index in [-0.39, 0.29) is 11.9 Å². The summed E-state index contributed by atoms with van der Waals surface area (Å²) in [6, 6.07) is -0.102. The highest BCUT2D eigenvalue weighted by Gasteiger charge is 2.27. The zero-order valence-corrected chi connectivity index (χ0v) is 12.4. The molecular weight excluding hydrogens is 258 g/mol. The molecule has 0 bridgehead atoms. The molecule has 1 aliphatic rings. The summed E-state index contributed by atoms with van der Waals surface area (Å²) in [4.78, 5) is 18.3. The molecule has 0 saturated carbocycles. The first-order valence-corrected chi connectivity index (χ1v) is 8.05. The Kier molecular flexibility index (Phi) is 5.34. The lowest BCUT2D eigenvalue weighted by molar-refractivity contribution is -0.124. The summed E-state index contributed by atoms with van der Waals surface area (Å²) in [5.74, 6) is -0.193. The van der Waals surface area contributed by atoms with Crippen LogP contribution >= 0.6 is 11.3 Å². The molecule has 1 aromatic heterocycles. The van der Waals surface area contributed by atoms with Crippen LogP contribution in [0.3, 0.4) is 0 Å². The molecule has 0 radical (unpaired) electrons. The largest absolute Gasteiger partial charge is 0.368 e. The molecule has 0 aliphatic carbocycles. The molecule has 2 rings (SSSR count). The van der Waals surface area contributed by atoms with Crippen LogP contribution in [0.2, 0.25) is 0 Å². The third-order valence-corrected chi connectivity index (χ3v) is 4.61. The van der Waals surface area contributed by atoms with E-state index in [9.17, 15) is 4.79 Å². The highest BCUT2D eigenvalue weighted by molar-refractivity contribution is 7.09. The first-order valence-electron chi connectivity index (χ1n) is 7.17. The predicted octanol–water partition coefficient (Wildman–Crippen LogP) is 2.33. The summed E-state index contributed by atoms with van der Waals surface area (Å²) in [6.07, 6.45) is 6.60. The molecule has 0 spiro atoms. The number of piperidine rings is 1. The zero-order valence-electron chi connectivity index (χ0n) is 11.6. The normalized spacial score (nSPS) is 20.6. The lowest BCUT2D eigenvalue weighted by atomic mass is 10.0. The van der Waals surface area contributed by atoms with Crippen molar-refractivity contribution in [1.82, 2.24) is 9.88 Å². The van der Waals surface area contributed by atoms with E-state index in [1.165, 1.54) is 17.8 Å². The first-order chi connectivity index (χ1) is 9.20. The summed E-state index contributed by atoms with van der Waals surface area (Å²) in [6.45, 7) is 3.91. The molecule has 106 valence electrons. The van der Waals surface area contributed by atoms with Crippen molar-refractivity contribution in [2.45, 2.75) is 58.0 Å². The number of unbranched alkanes of at least 4 members (excludes halogenated alkanes) is 1. The molecule has 0 unspecified atom stereocenters. The van der Waals surface area contributed by atoms with Crippen LogP contribution in [0.1, 0.15) is 49.7 Å². The van der Waals surface area contributed by atoms with E-state index in [2.05, 4.69) is 22.2 Å². The Morgan fingerprint density at radius 3 is 3.16 bits per heavy atom. The Morgan fingerprint density at radius 1 is 1.58 bits per heavy atom. The number of rotatable bonds is 6. The maximum atomic E-state index is 11.5. The number of aromatic nitrogens is 1. The molecule has 1 amide bonds. The van der Waals surface area contributed by atoms with Gasteiger partial charge in [0, 0.05) is 11.9 Å². The average Bonchev–Trinajstić information content (AvgIpc) is 2.84. The van der Waals surface area contributed by atoms with Gasteiger partial charge in [0.1, 0.15) is 0 Å². The number of hydrogen-bond acceptors (Lipinski definition) is 4. The summed E-state index contributed by atoms with van der Waals surface area (Å²) >= 11 is 1.73. The molecule has 2 heterocycles. The van der Waals surface area contributed by atoms with Gasteiger partial charge in [0.05, 0.1) is 16.7 Å². The number of likely N-dealkylation sites (tertiary alicyclic amines) is 1. The quantitative estimate of drug-likeness (QED) is 0.870. The number of nitrogens with two attached hydrogens (primary N) is 1. The van der Waals surface area contributed by atoms with Crippen LogP contribution in [0.5, 0.6) is 0 Å². The topological polar surface area (TPSA) is 59.2 Å². The monoisotopic (exact) mass is 281 g/mol. The molecule has 1 aliphatic heterocycles. The lowest BCUT2D eigenvalue weighted by Gasteiger charge is -2.32. The summed E-state index contributed by atoms with van der Waals surface area (Å²) in [5, 5.41) is 3.34. The molecule has 2 N–H and O–H groups in total. The second kappa shape index (κ2) is 7.01. The number of hydrogen-bond donors (Lipinski definition) is 1. The van der Waals surface area contributed by atoms with Gasteiger partial charge in [-0.25, -0.2) is 4.98 Å². The fourth-order valence-corrected chi connectivity index (χ4v) is 3.41. The maximum absolute atomic E-state index is 11.5. The molecule has 1 atom stereocenters. The van der Waals surface area contributed by atoms with Crippen molar-refractivity contribution in [2.75, 3.05) is 6.54 Å². The van der Waals surface area contributed by atoms with E-state index >= 15 is 0 Å². The van der Waals surface area contributed by atoms with Crippen LogP contribution in [0.25, 0.3) is 0 Å². The minimum atomic E-state index is -0.193. The highest BCUT2D eigenvalue weighted by atomic mass is 32.1. The molecule has 4 nitrogen and oxygen atoms in total.